The Morgan fingerprint density at radius 3 is 2.48 bits per heavy atom. The molecule has 2 rings (SSSR count). The molecule has 0 aliphatic carbocycles. The zero-order valence-corrected chi connectivity index (χ0v) is 15.7. The molecule has 0 radical (unpaired) electrons. The summed E-state index contributed by atoms with van der Waals surface area (Å²) in [5.74, 6) is -1.26. The van der Waals surface area contributed by atoms with E-state index in [1.807, 2.05) is 33.9 Å². The molecule has 7 nitrogen and oxygen atoms in total. The summed E-state index contributed by atoms with van der Waals surface area (Å²) in [6, 6.07) is 0. The molecule has 1 aromatic heterocycles. The molecular formula is C15H22F2N2O5Si. The monoisotopic (exact) mass is 376 g/mol. The molecule has 1 fully saturated rings. The highest BCUT2D eigenvalue weighted by atomic mass is 28.4. The summed E-state index contributed by atoms with van der Waals surface area (Å²) < 4.78 is 40.2. The second kappa shape index (κ2) is 6.58. The molecule has 10 heteroatoms. The Morgan fingerprint density at radius 2 is 1.96 bits per heavy atom. The number of hydrogen-bond acceptors (Lipinski definition) is 5. The van der Waals surface area contributed by atoms with E-state index in [9.17, 15) is 23.2 Å². The summed E-state index contributed by atoms with van der Waals surface area (Å²) in [7, 11) is -2.43. The first-order valence-corrected chi connectivity index (χ1v) is 10.7. The molecular weight excluding hydrogens is 354 g/mol. The fourth-order valence-corrected chi connectivity index (χ4v) is 3.58. The minimum Gasteiger partial charge on any atom is -0.408 e. The Balaban J connectivity index is 2.37. The number of hydrogen-bond donors (Lipinski definition) is 1. The molecule has 0 amide bonds. The number of aromatic amines is 1. The Morgan fingerprint density at radius 1 is 1.36 bits per heavy atom. The number of rotatable bonds is 4. The summed E-state index contributed by atoms with van der Waals surface area (Å²) in [4.78, 5) is 36.0. The molecule has 140 valence electrons. The number of halogens is 2. The molecule has 1 aliphatic heterocycles. The normalized spacial score (nSPS) is 27.5. The van der Waals surface area contributed by atoms with Gasteiger partial charge in [-0.1, -0.05) is 20.8 Å². The van der Waals surface area contributed by atoms with Crippen LogP contribution in [0.3, 0.4) is 0 Å². The number of carbonyl (C=O) groups is 1. The van der Waals surface area contributed by atoms with Crippen molar-refractivity contribution in [3.05, 3.63) is 32.9 Å². The van der Waals surface area contributed by atoms with E-state index in [0.717, 1.165) is 0 Å². The number of ether oxygens (including phenoxy) is 1. The van der Waals surface area contributed by atoms with Crippen LogP contribution in [0.25, 0.3) is 0 Å². The van der Waals surface area contributed by atoms with Crippen molar-refractivity contribution in [2.75, 3.05) is 0 Å². The Hall–Kier alpha value is -1.65. The van der Waals surface area contributed by atoms with E-state index < -0.39 is 50.0 Å². The van der Waals surface area contributed by atoms with Gasteiger partial charge in [-0.2, -0.15) is 4.39 Å². The third kappa shape index (κ3) is 3.65. The number of H-pyrrole nitrogens is 1. The maximum absolute atomic E-state index is 14.9. The second-order valence-corrected chi connectivity index (χ2v) is 12.3. The second-order valence-electron chi connectivity index (χ2n) is 7.56. The van der Waals surface area contributed by atoms with Gasteiger partial charge in [0.15, 0.2) is 27.0 Å². The van der Waals surface area contributed by atoms with Crippen molar-refractivity contribution in [3.8, 4) is 0 Å². The summed E-state index contributed by atoms with van der Waals surface area (Å²) in [6.07, 6.45) is -4.94. The topological polar surface area (TPSA) is 90.4 Å². The first-order chi connectivity index (χ1) is 11.4. The van der Waals surface area contributed by atoms with Crippen molar-refractivity contribution in [1.82, 2.24) is 9.55 Å². The molecule has 25 heavy (non-hydrogen) atoms. The van der Waals surface area contributed by atoms with Crippen LogP contribution in [0.4, 0.5) is 8.78 Å². The molecule has 1 aliphatic rings. The summed E-state index contributed by atoms with van der Waals surface area (Å²) in [5.41, 5.74) is -2.24. The predicted molar refractivity (Wildman–Crippen MR) is 88.2 cm³/mol. The van der Waals surface area contributed by atoms with Crippen LogP contribution in [0.5, 0.6) is 0 Å². The van der Waals surface area contributed by atoms with Gasteiger partial charge < -0.3 is 14.0 Å². The largest absolute Gasteiger partial charge is 0.408 e. The van der Waals surface area contributed by atoms with Crippen molar-refractivity contribution >= 4 is 14.6 Å². The van der Waals surface area contributed by atoms with Crippen molar-refractivity contribution in [3.63, 3.8) is 0 Å². The minimum atomic E-state index is -2.43. The zero-order chi connectivity index (χ0) is 19.2. The number of nitrogens with zero attached hydrogens (tertiary/aromatic N) is 1. The van der Waals surface area contributed by atoms with Crippen LogP contribution in [-0.4, -0.2) is 42.5 Å². The summed E-state index contributed by atoms with van der Waals surface area (Å²) >= 11 is 0. The van der Waals surface area contributed by atoms with Gasteiger partial charge in [-0.15, -0.1) is 0 Å². The fraction of sp³-hybridized carbons (Fsp3) is 0.667. The summed E-state index contributed by atoms with van der Waals surface area (Å²) in [6.45, 7) is 9.65. The lowest BCUT2D eigenvalue weighted by Gasteiger charge is -2.39. The number of alkyl halides is 1. The maximum Gasteiger partial charge on any atom is 0.330 e. The van der Waals surface area contributed by atoms with Crippen LogP contribution in [0, 0.1) is 5.82 Å². The van der Waals surface area contributed by atoms with Crippen LogP contribution in [-0.2, 0) is 14.0 Å². The fourth-order valence-electron chi connectivity index (χ4n) is 2.28. The van der Waals surface area contributed by atoms with Crippen molar-refractivity contribution in [1.29, 1.82) is 0 Å². The highest BCUT2D eigenvalue weighted by molar-refractivity contribution is 6.74. The third-order valence-corrected chi connectivity index (χ3v) is 9.25. The molecule has 0 aromatic carbocycles. The number of carbonyl (C=O) groups excluding carboxylic acids is 1. The molecule has 0 unspecified atom stereocenters. The Kier molecular flexibility index (Phi) is 5.17. The average Bonchev–Trinajstić information content (AvgIpc) is 2.78. The van der Waals surface area contributed by atoms with Crippen LogP contribution in [0.1, 0.15) is 27.0 Å². The molecule has 0 spiro atoms. The average molecular weight is 376 g/mol. The van der Waals surface area contributed by atoms with Crippen molar-refractivity contribution in [2.24, 2.45) is 0 Å². The smallest absolute Gasteiger partial charge is 0.330 e. The van der Waals surface area contributed by atoms with Gasteiger partial charge in [-0.25, -0.2) is 9.18 Å². The van der Waals surface area contributed by atoms with Crippen molar-refractivity contribution < 1.29 is 22.7 Å². The van der Waals surface area contributed by atoms with E-state index in [0.29, 0.717) is 17.1 Å². The first kappa shape index (κ1) is 19.7. The molecule has 4 atom stereocenters. The van der Waals surface area contributed by atoms with Crippen LogP contribution < -0.4 is 11.2 Å². The lowest BCUT2D eigenvalue weighted by atomic mass is 10.1. The van der Waals surface area contributed by atoms with E-state index in [4.69, 9.17) is 9.16 Å². The molecule has 0 bridgehead atoms. The van der Waals surface area contributed by atoms with E-state index >= 15 is 0 Å². The van der Waals surface area contributed by atoms with E-state index in [2.05, 4.69) is 0 Å². The van der Waals surface area contributed by atoms with Gasteiger partial charge in [0.1, 0.15) is 12.2 Å². The zero-order valence-electron chi connectivity index (χ0n) is 14.7. The highest BCUT2D eigenvalue weighted by Gasteiger charge is 2.51. The number of aldehydes is 1. The van der Waals surface area contributed by atoms with Gasteiger partial charge in [-0.3, -0.25) is 14.3 Å². The van der Waals surface area contributed by atoms with Gasteiger partial charge in [0.2, 0.25) is 5.82 Å². The molecule has 0 saturated carbocycles. The maximum atomic E-state index is 14.9. The van der Waals surface area contributed by atoms with E-state index in [1.165, 1.54) is 0 Å². The van der Waals surface area contributed by atoms with E-state index in [-0.39, 0.29) is 5.04 Å². The third-order valence-electron chi connectivity index (χ3n) is 4.78. The first-order valence-electron chi connectivity index (χ1n) is 7.82. The van der Waals surface area contributed by atoms with Gasteiger partial charge in [0.25, 0.3) is 5.56 Å². The molecule has 1 saturated heterocycles. The van der Waals surface area contributed by atoms with Gasteiger partial charge in [0.05, 0.1) is 6.20 Å². The highest BCUT2D eigenvalue weighted by Crippen LogP contribution is 2.41. The van der Waals surface area contributed by atoms with E-state index in [1.54, 1.807) is 4.98 Å². The standard InChI is InChI=1S/C15H22F2N2O5Si/c1-15(2,3)25(4,5)24-11-9(7-20)23-13(10(11)17)19-6-8(16)12(21)18-14(19)22/h6-7,9-11,13H,1-5H3,(H,18,21,22)/t9-,10+,11-,13-/m1/s1. The minimum absolute atomic E-state index is 0.237. The molecule has 1 aromatic rings. The van der Waals surface area contributed by atoms with Gasteiger partial charge >= 0.3 is 5.69 Å². The lowest BCUT2D eigenvalue weighted by molar-refractivity contribution is -0.122. The summed E-state index contributed by atoms with van der Waals surface area (Å²) in [5, 5.41) is -0.237. The van der Waals surface area contributed by atoms with Crippen LogP contribution >= 0.6 is 0 Å². The van der Waals surface area contributed by atoms with Gasteiger partial charge in [0, 0.05) is 0 Å². The Bertz CT molecular complexity index is 770. The number of aromatic nitrogens is 2. The van der Waals surface area contributed by atoms with Crippen LogP contribution in [0.15, 0.2) is 15.8 Å². The predicted octanol–water partition coefficient (Wildman–Crippen LogP) is 1.50. The number of nitrogens with one attached hydrogen (secondary N) is 1. The molecule has 1 N–H and O–H groups in total. The van der Waals surface area contributed by atoms with Gasteiger partial charge in [-0.05, 0) is 18.1 Å². The quantitative estimate of drug-likeness (QED) is 0.635. The van der Waals surface area contributed by atoms with Crippen LogP contribution in [0.2, 0.25) is 18.1 Å². The SMILES string of the molecule is CC(C)(C)[Si](C)(C)O[C@H]1[C@H](F)[C@H](n2cc(F)c(=O)[nH]c2=O)O[C@@H]1C=O. The lowest BCUT2D eigenvalue weighted by Crippen LogP contribution is -2.48. The Labute approximate surface area is 144 Å². The van der Waals surface area contributed by atoms with Crippen molar-refractivity contribution in [2.45, 2.75) is 63.5 Å². The molecule has 2 heterocycles.